The van der Waals surface area contributed by atoms with Crippen molar-refractivity contribution in [1.82, 2.24) is 5.32 Å². The topological polar surface area (TPSA) is 73.6 Å². The summed E-state index contributed by atoms with van der Waals surface area (Å²) in [5, 5.41) is 2.81. The van der Waals surface area contributed by atoms with Crippen LogP contribution in [0.3, 0.4) is 0 Å². The second-order valence-electron chi connectivity index (χ2n) is 4.64. The second-order valence-corrected chi connectivity index (χ2v) is 4.64. The molecular formula is C13H18N2O3. The van der Waals surface area contributed by atoms with E-state index >= 15 is 0 Å². The van der Waals surface area contributed by atoms with Crippen LogP contribution >= 0.6 is 0 Å². The molecule has 0 bridgehead atoms. The average molecular weight is 250 g/mol. The maximum atomic E-state index is 11.7. The number of ether oxygens (including phenoxy) is 2. The van der Waals surface area contributed by atoms with Gasteiger partial charge in [0.15, 0.2) is 11.5 Å². The molecule has 0 spiro atoms. The number of hydrogen-bond acceptors (Lipinski definition) is 4. The molecule has 1 aliphatic rings. The highest BCUT2D eigenvalue weighted by molar-refractivity contribution is 5.81. The monoisotopic (exact) mass is 250 g/mol. The van der Waals surface area contributed by atoms with Crippen LogP contribution in [0.1, 0.15) is 19.4 Å². The summed E-state index contributed by atoms with van der Waals surface area (Å²) in [5.41, 5.74) is 6.67. The largest absolute Gasteiger partial charge is 0.454 e. The first-order chi connectivity index (χ1) is 8.59. The van der Waals surface area contributed by atoms with Crippen molar-refractivity contribution in [3.8, 4) is 11.5 Å². The van der Waals surface area contributed by atoms with E-state index in [9.17, 15) is 4.79 Å². The van der Waals surface area contributed by atoms with Crippen LogP contribution in [-0.4, -0.2) is 18.7 Å². The second kappa shape index (κ2) is 5.27. The van der Waals surface area contributed by atoms with Gasteiger partial charge in [-0.2, -0.15) is 0 Å². The van der Waals surface area contributed by atoms with E-state index in [0.717, 1.165) is 11.3 Å². The Morgan fingerprint density at radius 1 is 1.44 bits per heavy atom. The molecule has 1 aliphatic heterocycles. The molecule has 1 heterocycles. The van der Waals surface area contributed by atoms with Crippen molar-refractivity contribution in [2.75, 3.05) is 6.79 Å². The lowest BCUT2D eigenvalue weighted by Gasteiger charge is -2.15. The fraction of sp³-hybridized carbons (Fsp3) is 0.462. The van der Waals surface area contributed by atoms with E-state index in [1.54, 1.807) is 0 Å². The van der Waals surface area contributed by atoms with Crippen molar-refractivity contribution in [2.45, 2.75) is 26.4 Å². The zero-order valence-corrected chi connectivity index (χ0v) is 10.6. The Morgan fingerprint density at radius 2 is 2.22 bits per heavy atom. The smallest absolute Gasteiger partial charge is 0.237 e. The third-order valence-electron chi connectivity index (χ3n) is 2.95. The third kappa shape index (κ3) is 2.56. The lowest BCUT2D eigenvalue weighted by Crippen LogP contribution is -2.43. The van der Waals surface area contributed by atoms with E-state index in [1.807, 2.05) is 32.0 Å². The predicted molar refractivity (Wildman–Crippen MR) is 67.2 cm³/mol. The molecule has 0 saturated carbocycles. The highest BCUT2D eigenvalue weighted by atomic mass is 16.7. The van der Waals surface area contributed by atoms with E-state index in [1.165, 1.54) is 0 Å². The highest BCUT2D eigenvalue weighted by Gasteiger charge is 2.20. The number of fused-ring (bicyclic) bond motifs is 1. The molecule has 0 aromatic heterocycles. The van der Waals surface area contributed by atoms with E-state index < -0.39 is 6.04 Å². The fourth-order valence-corrected chi connectivity index (χ4v) is 1.73. The summed E-state index contributed by atoms with van der Waals surface area (Å²) in [4.78, 5) is 11.7. The van der Waals surface area contributed by atoms with Crippen molar-refractivity contribution in [3.05, 3.63) is 23.8 Å². The number of rotatable bonds is 4. The van der Waals surface area contributed by atoms with Crippen molar-refractivity contribution in [2.24, 2.45) is 11.7 Å². The maximum Gasteiger partial charge on any atom is 0.237 e. The number of benzene rings is 1. The molecule has 18 heavy (non-hydrogen) atoms. The van der Waals surface area contributed by atoms with Gasteiger partial charge in [0.25, 0.3) is 0 Å². The molecule has 5 nitrogen and oxygen atoms in total. The van der Waals surface area contributed by atoms with Crippen LogP contribution in [0.15, 0.2) is 18.2 Å². The number of hydrogen-bond donors (Lipinski definition) is 2. The zero-order valence-electron chi connectivity index (χ0n) is 10.6. The number of nitrogens with one attached hydrogen (secondary N) is 1. The molecule has 1 atom stereocenters. The summed E-state index contributed by atoms with van der Waals surface area (Å²) in [6.07, 6.45) is 0. The molecule has 0 fully saturated rings. The van der Waals surface area contributed by atoms with Crippen LogP contribution in [0.25, 0.3) is 0 Å². The van der Waals surface area contributed by atoms with Gasteiger partial charge >= 0.3 is 0 Å². The number of para-hydroxylation sites is 1. The standard InChI is InChI=1S/C13H18N2O3/c1-8(2)11(14)13(16)15-6-9-4-3-5-10-12(9)18-7-17-10/h3-5,8,11H,6-7,14H2,1-2H3,(H,15,16). The lowest BCUT2D eigenvalue weighted by molar-refractivity contribution is -0.123. The van der Waals surface area contributed by atoms with Crippen LogP contribution in [0.2, 0.25) is 0 Å². The minimum Gasteiger partial charge on any atom is -0.454 e. The molecule has 2 rings (SSSR count). The highest BCUT2D eigenvalue weighted by Crippen LogP contribution is 2.35. The molecule has 0 aliphatic carbocycles. The third-order valence-corrected chi connectivity index (χ3v) is 2.95. The van der Waals surface area contributed by atoms with Crippen LogP contribution < -0.4 is 20.5 Å². The van der Waals surface area contributed by atoms with Gasteiger partial charge in [-0.3, -0.25) is 4.79 Å². The summed E-state index contributed by atoms with van der Waals surface area (Å²) in [7, 11) is 0. The average Bonchev–Trinajstić information content (AvgIpc) is 2.83. The van der Waals surface area contributed by atoms with Crippen molar-refractivity contribution in [3.63, 3.8) is 0 Å². The molecule has 1 aromatic rings. The molecule has 1 aromatic carbocycles. The molecule has 98 valence electrons. The van der Waals surface area contributed by atoms with Crippen LogP contribution in [-0.2, 0) is 11.3 Å². The molecule has 1 unspecified atom stereocenters. The van der Waals surface area contributed by atoms with E-state index in [-0.39, 0.29) is 18.6 Å². The van der Waals surface area contributed by atoms with Gasteiger partial charge in [-0.15, -0.1) is 0 Å². The van der Waals surface area contributed by atoms with E-state index in [4.69, 9.17) is 15.2 Å². The Morgan fingerprint density at radius 3 is 2.94 bits per heavy atom. The van der Waals surface area contributed by atoms with Crippen molar-refractivity contribution in [1.29, 1.82) is 0 Å². The van der Waals surface area contributed by atoms with Gasteiger partial charge in [-0.05, 0) is 12.0 Å². The van der Waals surface area contributed by atoms with E-state index in [2.05, 4.69) is 5.32 Å². The molecular weight excluding hydrogens is 232 g/mol. The summed E-state index contributed by atoms with van der Waals surface area (Å²) in [6, 6.07) is 5.12. The van der Waals surface area contributed by atoms with E-state index in [0.29, 0.717) is 12.3 Å². The number of amides is 1. The quantitative estimate of drug-likeness (QED) is 0.836. The lowest BCUT2D eigenvalue weighted by atomic mass is 10.0. The SMILES string of the molecule is CC(C)C(N)C(=O)NCc1cccc2c1OCO2. The molecule has 5 heteroatoms. The first-order valence-electron chi connectivity index (χ1n) is 6.00. The Balaban J connectivity index is 1.99. The van der Waals surface area contributed by atoms with Crippen molar-refractivity contribution >= 4 is 5.91 Å². The van der Waals surface area contributed by atoms with Gasteiger partial charge in [-0.1, -0.05) is 26.0 Å². The van der Waals surface area contributed by atoms with Crippen molar-refractivity contribution < 1.29 is 14.3 Å². The number of carbonyl (C=O) groups is 1. The molecule has 3 N–H and O–H groups in total. The van der Waals surface area contributed by atoms with Gasteiger partial charge in [0.05, 0.1) is 6.04 Å². The zero-order chi connectivity index (χ0) is 13.1. The molecule has 0 radical (unpaired) electrons. The summed E-state index contributed by atoms with van der Waals surface area (Å²) in [5.74, 6) is 1.39. The summed E-state index contributed by atoms with van der Waals surface area (Å²) >= 11 is 0. The normalized spacial score (nSPS) is 14.7. The Hall–Kier alpha value is -1.75. The van der Waals surface area contributed by atoms with Crippen LogP contribution in [0.5, 0.6) is 11.5 Å². The maximum absolute atomic E-state index is 11.7. The first-order valence-corrected chi connectivity index (χ1v) is 6.00. The van der Waals surface area contributed by atoms with Gasteiger partial charge in [0, 0.05) is 12.1 Å². The minimum absolute atomic E-state index is 0.117. The number of nitrogens with two attached hydrogens (primary N) is 1. The molecule has 1 amide bonds. The minimum atomic E-state index is -0.487. The van der Waals surface area contributed by atoms with Gasteiger partial charge in [-0.25, -0.2) is 0 Å². The fourth-order valence-electron chi connectivity index (χ4n) is 1.73. The predicted octanol–water partition coefficient (Wildman–Crippen LogP) is 1.01. The Bertz CT molecular complexity index is 446. The summed E-state index contributed by atoms with van der Waals surface area (Å²) < 4.78 is 10.6. The summed E-state index contributed by atoms with van der Waals surface area (Å²) in [6.45, 7) is 4.46. The van der Waals surface area contributed by atoms with Crippen LogP contribution in [0, 0.1) is 5.92 Å². The first kappa shape index (κ1) is 12.7. The molecule has 0 saturated heterocycles. The Labute approximate surface area is 106 Å². The Kier molecular flexibility index (Phi) is 3.72. The van der Waals surface area contributed by atoms with Gasteiger partial charge in [0.2, 0.25) is 12.7 Å². The van der Waals surface area contributed by atoms with Gasteiger partial charge < -0.3 is 20.5 Å². The number of carbonyl (C=O) groups excluding carboxylic acids is 1. The van der Waals surface area contributed by atoms with Gasteiger partial charge in [0.1, 0.15) is 0 Å². The van der Waals surface area contributed by atoms with Crippen LogP contribution in [0.4, 0.5) is 0 Å².